The Kier molecular flexibility index (Phi) is 6.12. The number of aromatic nitrogens is 1. The molecule has 0 aromatic carbocycles. The van der Waals surface area contributed by atoms with Crippen LogP contribution in [0.4, 0.5) is 0 Å². The Morgan fingerprint density at radius 3 is 2.65 bits per heavy atom. The van der Waals surface area contributed by atoms with Crippen LogP contribution in [0.3, 0.4) is 0 Å². The Labute approximate surface area is 153 Å². The van der Waals surface area contributed by atoms with Gasteiger partial charge in [-0.05, 0) is 49.7 Å². The van der Waals surface area contributed by atoms with Crippen molar-refractivity contribution in [1.29, 1.82) is 0 Å². The Morgan fingerprint density at radius 1 is 1.19 bits per heavy atom. The highest BCUT2D eigenvalue weighted by Crippen LogP contribution is 2.27. The van der Waals surface area contributed by atoms with Crippen molar-refractivity contribution in [3.05, 3.63) is 33.2 Å². The number of H-pyrrole nitrogens is 1. The van der Waals surface area contributed by atoms with E-state index in [1.54, 1.807) is 6.07 Å². The van der Waals surface area contributed by atoms with Crippen molar-refractivity contribution in [2.24, 2.45) is 5.92 Å². The molecule has 6 nitrogen and oxygen atoms in total. The van der Waals surface area contributed by atoms with Gasteiger partial charge in [0.25, 0.3) is 11.5 Å². The number of methoxy groups -OCH3 is 1. The lowest BCUT2D eigenvalue weighted by atomic mass is 9.84. The summed E-state index contributed by atoms with van der Waals surface area (Å²) in [6.45, 7) is 0. The zero-order chi connectivity index (χ0) is 18.5. The number of pyridine rings is 1. The Morgan fingerprint density at radius 2 is 1.92 bits per heavy atom. The average molecular weight is 360 g/mol. The minimum atomic E-state index is -0.703. The lowest BCUT2D eigenvalue weighted by molar-refractivity contribution is -0.143. The molecule has 0 bridgehead atoms. The molecule has 0 saturated heterocycles. The van der Waals surface area contributed by atoms with Crippen LogP contribution in [0.25, 0.3) is 0 Å². The highest BCUT2D eigenvalue weighted by atomic mass is 16.5. The molecule has 0 spiro atoms. The van der Waals surface area contributed by atoms with E-state index in [4.69, 9.17) is 4.74 Å². The molecule has 1 atom stereocenters. The van der Waals surface area contributed by atoms with Crippen molar-refractivity contribution in [3.8, 4) is 0 Å². The Bertz CT molecular complexity index is 719. The van der Waals surface area contributed by atoms with Crippen LogP contribution in [-0.2, 0) is 22.4 Å². The number of hydrogen-bond acceptors (Lipinski definition) is 4. The molecule has 1 aromatic rings. The summed E-state index contributed by atoms with van der Waals surface area (Å²) in [5.74, 6) is -0.529. The van der Waals surface area contributed by atoms with Gasteiger partial charge in [0.2, 0.25) is 0 Å². The van der Waals surface area contributed by atoms with Gasteiger partial charge < -0.3 is 15.0 Å². The standard InChI is InChI=1S/C20H28N2O4/c1-26-20(25)17(11-13-7-3-2-4-8-13)22-19(24)15-12-14-9-5-6-10-16(14)21-18(15)23/h12-13,17H,2-11H2,1H3,(H,21,23)(H,22,24). The quantitative estimate of drug-likeness (QED) is 0.790. The van der Waals surface area contributed by atoms with Crippen LogP contribution in [0, 0.1) is 5.92 Å². The van der Waals surface area contributed by atoms with Gasteiger partial charge in [0.05, 0.1) is 7.11 Å². The number of hydrogen-bond donors (Lipinski definition) is 2. The van der Waals surface area contributed by atoms with Crippen LogP contribution in [-0.4, -0.2) is 30.0 Å². The first kappa shape index (κ1) is 18.7. The number of carbonyl (C=O) groups excluding carboxylic acids is 2. The van der Waals surface area contributed by atoms with E-state index in [-0.39, 0.29) is 11.1 Å². The summed E-state index contributed by atoms with van der Waals surface area (Å²) in [4.78, 5) is 40.0. The maximum Gasteiger partial charge on any atom is 0.328 e. The predicted octanol–water partition coefficient (Wildman–Crippen LogP) is 2.50. The second-order valence-electron chi connectivity index (χ2n) is 7.51. The minimum Gasteiger partial charge on any atom is -0.467 e. The zero-order valence-corrected chi connectivity index (χ0v) is 15.4. The van der Waals surface area contributed by atoms with Crippen LogP contribution >= 0.6 is 0 Å². The summed E-state index contributed by atoms with van der Waals surface area (Å²) in [6, 6.07) is 0.989. The van der Waals surface area contributed by atoms with Gasteiger partial charge in [0.1, 0.15) is 11.6 Å². The first-order chi connectivity index (χ1) is 12.6. The topological polar surface area (TPSA) is 88.3 Å². The predicted molar refractivity (Wildman–Crippen MR) is 98.2 cm³/mol. The van der Waals surface area contributed by atoms with Crippen molar-refractivity contribution in [2.45, 2.75) is 70.3 Å². The number of rotatable bonds is 5. The van der Waals surface area contributed by atoms with E-state index in [0.717, 1.165) is 62.6 Å². The molecular formula is C20H28N2O4. The molecule has 1 fully saturated rings. The van der Waals surface area contributed by atoms with E-state index in [1.807, 2.05) is 0 Å². The first-order valence-corrected chi connectivity index (χ1v) is 9.72. The van der Waals surface area contributed by atoms with Gasteiger partial charge in [-0.25, -0.2) is 4.79 Å². The number of ether oxygens (including phenoxy) is 1. The first-order valence-electron chi connectivity index (χ1n) is 9.72. The molecule has 1 heterocycles. The normalized spacial score (nSPS) is 18.7. The third kappa shape index (κ3) is 4.34. The zero-order valence-electron chi connectivity index (χ0n) is 15.4. The number of carbonyl (C=O) groups is 2. The van der Waals surface area contributed by atoms with E-state index in [2.05, 4.69) is 10.3 Å². The number of aromatic amines is 1. The fourth-order valence-corrected chi connectivity index (χ4v) is 4.19. The van der Waals surface area contributed by atoms with Crippen LogP contribution in [0.1, 0.15) is 73.0 Å². The van der Waals surface area contributed by atoms with E-state index in [0.29, 0.717) is 12.3 Å². The van der Waals surface area contributed by atoms with Gasteiger partial charge in [0, 0.05) is 5.69 Å². The summed E-state index contributed by atoms with van der Waals surface area (Å²) in [5.41, 5.74) is 1.67. The van der Waals surface area contributed by atoms with Gasteiger partial charge in [-0.15, -0.1) is 0 Å². The molecule has 0 aliphatic heterocycles. The van der Waals surface area contributed by atoms with Gasteiger partial charge in [-0.3, -0.25) is 9.59 Å². The number of esters is 1. The van der Waals surface area contributed by atoms with Crippen LogP contribution in [0.2, 0.25) is 0 Å². The van der Waals surface area contributed by atoms with Crippen LogP contribution in [0.15, 0.2) is 10.9 Å². The minimum absolute atomic E-state index is 0.0863. The fourth-order valence-electron chi connectivity index (χ4n) is 4.19. The molecular weight excluding hydrogens is 332 g/mol. The highest BCUT2D eigenvalue weighted by Gasteiger charge is 2.28. The van der Waals surface area contributed by atoms with E-state index in [9.17, 15) is 14.4 Å². The van der Waals surface area contributed by atoms with Crippen molar-refractivity contribution in [2.75, 3.05) is 7.11 Å². The van der Waals surface area contributed by atoms with Crippen molar-refractivity contribution in [3.63, 3.8) is 0 Å². The molecule has 1 saturated carbocycles. The van der Waals surface area contributed by atoms with E-state index in [1.165, 1.54) is 13.5 Å². The maximum atomic E-state index is 12.7. The Hall–Kier alpha value is -2.11. The lowest BCUT2D eigenvalue weighted by Crippen LogP contribution is -2.44. The van der Waals surface area contributed by atoms with Crippen molar-refractivity contribution in [1.82, 2.24) is 10.3 Å². The molecule has 1 aromatic heterocycles. The molecule has 0 radical (unpaired) electrons. The molecule has 2 aliphatic rings. The van der Waals surface area contributed by atoms with Gasteiger partial charge in [0.15, 0.2) is 0 Å². The van der Waals surface area contributed by atoms with Crippen molar-refractivity contribution < 1.29 is 14.3 Å². The van der Waals surface area contributed by atoms with E-state index >= 15 is 0 Å². The molecule has 26 heavy (non-hydrogen) atoms. The number of fused-ring (bicyclic) bond motifs is 1. The number of nitrogens with one attached hydrogen (secondary N) is 2. The summed E-state index contributed by atoms with van der Waals surface area (Å²) in [5, 5.41) is 2.75. The molecule has 6 heteroatoms. The highest BCUT2D eigenvalue weighted by molar-refractivity contribution is 5.96. The molecule has 1 amide bonds. The molecule has 142 valence electrons. The third-order valence-electron chi connectivity index (χ3n) is 5.67. The summed E-state index contributed by atoms with van der Waals surface area (Å²) in [7, 11) is 1.33. The molecule has 1 unspecified atom stereocenters. The second kappa shape index (κ2) is 8.52. The summed E-state index contributed by atoms with van der Waals surface area (Å²) >= 11 is 0. The SMILES string of the molecule is COC(=O)C(CC1CCCCC1)NC(=O)c1cc2c([nH]c1=O)CCCC2. The smallest absolute Gasteiger partial charge is 0.328 e. The monoisotopic (exact) mass is 360 g/mol. The number of amides is 1. The van der Waals surface area contributed by atoms with Gasteiger partial charge in [-0.2, -0.15) is 0 Å². The lowest BCUT2D eigenvalue weighted by Gasteiger charge is -2.26. The molecule has 2 N–H and O–H groups in total. The Balaban J connectivity index is 1.74. The number of aryl methyl sites for hydroxylation is 2. The molecule has 2 aliphatic carbocycles. The maximum absolute atomic E-state index is 12.7. The second-order valence-corrected chi connectivity index (χ2v) is 7.51. The van der Waals surface area contributed by atoms with Crippen LogP contribution in [0.5, 0.6) is 0 Å². The van der Waals surface area contributed by atoms with Crippen LogP contribution < -0.4 is 10.9 Å². The third-order valence-corrected chi connectivity index (χ3v) is 5.67. The fraction of sp³-hybridized carbons (Fsp3) is 0.650. The molecule has 3 rings (SSSR count). The van der Waals surface area contributed by atoms with E-state index < -0.39 is 17.9 Å². The summed E-state index contributed by atoms with van der Waals surface area (Å²) < 4.78 is 4.87. The summed E-state index contributed by atoms with van der Waals surface area (Å²) in [6.07, 6.45) is 10.1. The van der Waals surface area contributed by atoms with Gasteiger partial charge >= 0.3 is 5.97 Å². The van der Waals surface area contributed by atoms with Crippen molar-refractivity contribution >= 4 is 11.9 Å². The largest absolute Gasteiger partial charge is 0.467 e. The van der Waals surface area contributed by atoms with Gasteiger partial charge in [-0.1, -0.05) is 32.1 Å². The average Bonchev–Trinajstić information content (AvgIpc) is 2.67.